The average molecular weight is 264 g/mol. The molecule has 2 unspecified atom stereocenters. The molecule has 102 valence electrons. The number of nitrogens with one attached hydrogen (secondary N) is 1. The predicted molar refractivity (Wildman–Crippen MR) is 68.8 cm³/mol. The summed E-state index contributed by atoms with van der Waals surface area (Å²) in [6.07, 6.45) is 2.82. The van der Waals surface area contributed by atoms with Crippen LogP contribution in [0.2, 0.25) is 0 Å². The summed E-state index contributed by atoms with van der Waals surface area (Å²) in [7, 11) is 0. The van der Waals surface area contributed by atoms with Gasteiger partial charge in [-0.1, -0.05) is 18.9 Å². The first-order valence-electron chi connectivity index (χ1n) is 6.31. The molecule has 0 aromatic heterocycles. The minimum Gasteiger partial charge on any atom is -0.391 e. The molecule has 6 heteroatoms. The van der Waals surface area contributed by atoms with Crippen molar-refractivity contribution in [1.82, 2.24) is 5.32 Å². The first kappa shape index (κ1) is 13.5. The lowest BCUT2D eigenvalue weighted by Gasteiger charge is -2.28. The van der Waals surface area contributed by atoms with Gasteiger partial charge in [0.1, 0.15) is 0 Å². The fraction of sp³-hybridized carbons (Fsp3) is 0.462. The standard InChI is InChI=1S/C13H16N2O4/c16-12-7-2-1-6-11(12)14-13(17)9-4-3-5-10(8-9)15(18)19/h3-5,8,11-12,16H,1-2,6-7H2,(H,14,17). The number of aliphatic hydroxyl groups is 1. The van der Waals surface area contributed by atoms with Crippen LogP contribution in [-0.2, 0) is 0 Å². The molecule has 1 aromatic rings. The third-order valence-corrected chi connectivity index (χ3v) is 3.37. The molecule has 1 aromatic carbocycles. The summed E-state index contributed by atoms with van der Waals surface area (Å²) >= 11 is 0. The maximum atomic E-state index is 12.0. The van der Waals surface area contributed by atoms with Crippen molar-refractivity contribution >= 4 is 11.6 Å². The van der Waals surface area contributed by atoms with E-state index < -0.39 is 11.0 Å². The van der Waals surface area contributed by atoms with Gasteiger partial charge in [0.25, 0.3) is 11.6 Å². The maximum Gasteiger partial charge on any atom is 0.270 e. The highest BCUT2D eigenvalue weighted by molar-refractivity contribution is 5.95. The van der Waals surface area contributed by atoms with Gasteiger partial charge in [-0.25, -0.2) is 0 Å². The Labute approximate surface area is 110 Å². The Balaban J connectivity index is 2.07. The van der Waals surface area contributed by atoms with Gasteiger partial charge in [-0.05, 0) is 18.9 Å². The normalized spacial score (nSPS) is 22.8. The van der Waals surface area contributed by atoms with E-state index in [0.717, 1.165) is 19.3 Å². The number of nitro groups is 1. The first-order valence-corrected chi connectivity index (χ1v) is 6.31. The second-order valence-electron chi connectivity index (χ2n) is 4.74. The van der Waals surface area contributed by atoms with Gasteiger partial charge in [-0.15, -0.1) is 0 Å². The van der Waals surface area contributed by atoms with Crippen LogP contribution in [0.5, 0.6) is 0 Å². The SMILES string of the molecule is O=C(NC1CCCCC1O)c1cccc([N+](=O)[O-])c1. The lowest BCUT2D eigenvalue weighted by molar-refractivity contribution is -0.384. The minimum absolute atomic E-state index is 0.114. The molecule has 1 fully saturated rings. The predicted octanol–water partition coefficient (Wildman–Crippen LogP) is 1.63. The number of rotatable bonds is 3. The summed E-state index contributed by atoms with van der Waals surface area (Å²) in [5.74, 6) is -0.380. The number of non-ortho nitro benzene ring substituents is 1. The lowest BCUT2D eigenvalue weighted by Crippen LogP contribution is -2.45. The molecule has 19 heavy (non-hydrogen) atoms. The van der Waals surface area contributed by atoms with Gasteiger partial charge in [-0.2, -0.15) is 0 Å². The van der Waals surface area contributed by atoms with Crippen molar-refractivity contribution in [1.29, 1.82) is 0 Å². The maximum absolute atomic E-state index is 12.0. The topological polar surface area (TPSA) is 92.5 Å². The molecule has 2 atom stereocenters. The number of nitro benzene ring substituents is 1. The molecule has 1 aliphatic rings. The molecule has 1 amide bonds. The fourth-order valence-corrected chi connectivity index (χ4v) is 2.29. The van der Waals surface area contributed by atoms with Crippen LogP contribution in [0.1, 0.15) is 36.0 Å². The van der Waals surface area contributed by atoms with Gasteiger partial charge in [0, 0.05) is 17.7 Å². The molecule has 0 bridgehead atoms. The lowest BCUT2D eigenvalue weighted by atomic mass is 9.92. The van der Waals surface area contributed by atoms with E-state index >= 15 is 0 Å². The molecular weight excluding hydrogens is 248 g/mol. The molecule has 1 saturated carbocycles. The van der Waals surface area contributed by atoms with Crippen LogP contribution in [0.3, 0.4) is 0 Å². The molecule has 0 spiro atoms. The van der Waals surface area contributed by atoms with Crippen molar-refractivity contribution in [3.8, 4) is 0 Å². The largest absolute Gasteiger partial charge is 0.391 e. The van der Waals surface area contributed by atoms with Crippen LogP contribution in [0.4, 0.5) is 5.69 Å². The van der Waals surface area contributed by atoms with E-state index in [1.54, 1.807) is 0 Å². The second-order valence-corrected chi connectivity index (χ2v) is 4.74. The van der Waals surface area contributed by atoms with Crippen LogP contribution >= 0.6 is 0 Å². The summed E-state index contributed by atoms with van der Waals surface area (Å²) in [5.41, 5.74) is 0.129. The Hall–Kier alpha value is -1.95. The number of benzene rings is 1. The van der Waals surface area contributed by atoms with Crippen molar-refractivity contribution in [2.45, 2.75) is 37.8 Å². The highest BCUT2D eigenvalue weighted by Gasteiger charge is 2.25. The smallest absolute Gasteiger partial charge is 0.270 e. The van der Waals surface area contributed by atoms with Gasteiger partial charge >= 0.3 is 0 Å². The molecule has 2 rings (SSSR count). The molecular formula is C13H16N2O4. The summed E-state index contributed by atoms with van der Waals surface area (Å²) in [4.78, 5) is 22.1. The van der Waals surface area contributed by atoms with Crippen LogP contribution in [0.15, 0.2) is 24.3 Å². The number of hydrogen-bond donors (Lipinski definition) is 2. The monoisotopic (exact) mass is 264 g/mol. The van der Waals surface area contributed by atoms with Crippen molar-refractivity contribution in [2.24, 2.45) is 0 Å². The number of carbonyl (C=O) groups is 1. The van der Waals surface area contributed by atoms with Crippen molar-refractivity contribution < 1.29 is 14.8 Å². The summed E-state index contributed by atoms with van der Waals surface area (Å²) in [6, 6.07) is 5.32. The van der Waals surface area contributed by atoms with Gasteiger partial charge in [0.05, 0.1) is 17.1 Å². The quantitative estimate of drug-likeness (QED) is 0.641. The molecule has 2 N–H and O–H groups in total. The zero-order valence-electron chi connectivity index (χ0n) is 10.4. The van der Waals surface area contributed by atoms with E-state index in [1.807, 2.05) is 0 Å². The Kier molecular flexibility index (Phi) is 4.11. The van der Waals surface area contributed by atoms with E-state index in [-0.39, 0.29) is 23.2 Å². The summed E-state index contributed by atoms with van der Waals surface area (Å²) in [5, 5.41) is 23.2. The molecule has 6 nitrogen and oxygen atoms in total. The number of amides is 1. The first-order chi connectivity index (χ1) is 9.08. The van der Waals surface area contributed by atoms with Crippen molar-refractivity contribution in [3.05, 3.63) is 39.9 Å². The van der Waals surface area contributed by atoms with Crippen molar-refractivity contribution in [3.63, 3.8) is 0 Å². The molecule has 0 saturated heterocycles. The zero-order chi connectivity index (χ0) is 13.8. The fourth-order valence-electron chi connectivity index (χ4n) is 2.29. The van der Waals surface area contributed by atoms with Crippen LogP contribution in [-0.4, -0.2) is 28.1 Å². The van der Waals surface area contributed by atoms with E-state index in [0.29, 0.717) is 6.42 Å². The Morgan fingerprint density at radius 2 is 2.11 bits per heavy atom. The number of carbonyl (C=O) groups excluding carboxylic acids is 1. The molecule has 0 aliphatic heterocycles. The molecule has 0 radical (unpaired) electrons. The Morgan fingerprint density at radius 1 is 1.37 bits per heavy atom. The second kappa shape index (κ2) is 5.79. The Bertz CT molecular complexity index is 489. The van der Waals surface area contributed by atoms with Crippen molar-refractivity contribution in [2.75, 3.05) is 0 Å². The zero-order valence-corrected chi connectivity index (χ0v) is 10.4. The third kappa shape index (κ3) is 3.29. The molecule has 0 heterocycles. The van der Waals surface area contributed by atoms with Gasteiger partial charge in [0.2, 0.25) is 0 Å². The van der Waals surface area contributed by atoms with Crippen LogP contribution in [0, 0.1) is 10.1 Å². The van der Waals surface area contributed by atoms with E-state index in [1.165, 1.54) is 24.3 Å². The van der Waals surface area contributed by atoms with E-state index in [9.17, 15) is 20.0 Å². The van der Waals surface area contributed by atoms with Gasteiger partial charge < -0.3 is 10.4 Å². The number of aliphatic hydroxyl groups excluding tert-OH is 1. The summed E-state index contributed by atoms with van der Waals surface area (Å²) in [6.45, 7) is 0. The Morgan fingerprint density at radius 3 is 2.79 bits per heavy atom. The molecule has 1 aliphatic carbocycles. The number of nitrogens with zero attached hydrogens (tertiary/aromatic N) is 1. The van der Waals surface area contributed by atoms with Gasteiger partial charge in [-0.3, -0.25) is 14.9 Å². The van der Waals surface area contributed by atoms with Crippen LogP contribution < -0.4 is 5.32 Å². The van der Waals surface area contributed by atoms with Crippen LogP contribution in [0.25, 0.3) is 0 Å². The average Bonchev–Trinajstić information content (AvgIpc) is 2.41. The van der Waals surface area contributed by atoms with Gasteiger partial charge in [0.15, 0.2) is 0 Å². The highest BCUT2D eigenvalue weighted by Crippen LogP contribution is 2.19. The van der Waals surface area contributed by atoms with E-state index in [4.69, 9.17) is 0 Å². The minimum atomic E-state index is -0.535. The third-order valence-electron chi connectivity index (χ3n) is 3.37. The van der Waals surface area contributed by atoms with E-state index in [2.05, 4.69) is 5.32 Å². The highest BCUT2D eigenvalue weighted by atomic mass is 16.6. The summed E-state index contributed by atoms with van der Waals surface area (Å²) < 4.78 is 0. The number of hydrogen-bond acceptors (Lipinski definition) is 4.